The van der Waals surface area contributed by atoms with Gasteiger partial charge in [0.1, 0.15) is 18.0 Å². The fourth-order valence-corrected chi connectivity index (χ4v) is 5.97. The van der Waals surface area contributed by atoms with Gasteiger partial charge in [-0.25, -0.2) is 19.7 Å². The fourth-order valence-electron chi connectivity index (χ4n) is 5.25. The Kier molecular flexibility index (Phi) is 7.57. The summed E-state index contributed by atoms with van der Waals surface area (Å²) in [4.78, 5) is 30.4. The van der Waals surface area contributed by atoms with Crippen molar-refractivity contribution in [2.75, 3.05) is 36.8 Å². The van der Waals surface area contributed by atoms with E-state index in [9.17, 15) is 4.79 Å². The van der Waals surface area contributed by atoms with Crippen LogP contribution >= 0.6 is 11.3 Å². The third-order valence-corrected chi connectivity index (χ3v) is 8.00. The molecule has 1 unspecified atom stereocenters. The van der Waals surface area contributed by atoms with Crippen molar-refractivity contribution in [2.24, 2.45) is 0 Å². The van der Waals surface area contributed by atoms with E-state index in [0.29, 0.717) is 25.2 Å². The molecule has 5 rings (SSSR count). The van der Waals surface area contributed by atoms with Crippen LogP contribution in [-0.4, -0.2) is 75.1 Å². The molecule has 0 saturated carbocycles. The minimum Gasteiger partial charge on any atom is -0.363 e. The lowest BCUT2D eigenvalue weighted by Crippen LogP contribution is -2.47. The topological polar surface area (TPSA) is 98.3 Å². The van der Waals surface area contributed by atoms with E-state index in [1.807, 2.05) is 22.5 Å². The monoisotopic (exact) mass is 520 g/mol. The molecule has 2 amide bonds. The number of fused-ring (bicyclic) bond motifs is 2. The largest absolute Gasteiger partial charge is 0.363 e. The number of nitrogens with one attached hydrogen (secondary N) is 3. The molecule has 3 N–H and O–H groups in total. The van der Waals surface area contributed by atoms with E-state index in [0.717, 1.165) is 59.0 Å². The van der Waals surface area contributed by atoms with Crippen LogP contribution in [-0.2, 0) is 6.42 Å². The van der Waals surface area contributed by atoms with E-state index in [1.54, 1.807) is 17.7 Å². The molecular formula is C27H36N8OS. The summed E-state index contributed by atoms with van der Waals surface area (Å²) in [6.07, 6.45) is 5.46. The summed E-state index contributed by atoms with van der Waals surface area (Å²) < 4.78 is 1.14. The Morgan fingerprint density at radius 3 is 2.81 bits per heavy atom. The first-order chi connectivity index (χ1) is 17.9. The highest BCUT2D eigenvalue weighted by Gasteiger charge is 2.30. The van der Waals surface area contributed by atoms with Crippen molar-refractivity contribution < 1.29 is 4.79 Å². The number of urea groups is 1. The average molecular weight is 521 g/mol. The van der Waals surface area contributed by atoms with Crippen molar-refractivity contribution in [1.82, 2.24) is 30.1 Å². The van der Waals surface area contributed by atoms with Crippen LogP contribution in [0.5, 0.6) is 0 Å². The van der Waals surface area contributed by atoms with Gasteiger partial charge in [0.25, 0.3) is 0 Å². The molecule has 0 saturated heterocycles. The van der Waals surface area contributed by atoms with Gasteiger partial charge in [0.15, 0.2) is 0 Å². The number of hydrogen-bond donors (Lipinski definition) is 3. The van der Waals surface area contributed by atoms with Crippen LogP contribution in [0.4, 0.5) is 22.1 Å². The SMILES string of the molecule is CC(C)N(CCNC(=O)N1CC=C(C2Cc3c(Nc4ccc5ncsc5c4)ncnc3N2)CC1)C(C)C. The second-order valence-corrected chi connectivity index (χ2v) is 11.1. The fraction of sp³-hybridized carbons (Fsp3) is 0.481. The van der Waals surface area contributed by atoms with Gasteiger partial charge in [0.2, 0.25) is 0 Å². The van der Waals surface area contributed by atoms with Gasteiger partial charge in [-0.3, -0.25) is 4.90 Å². The Bertz CT molecular complexity index is 1280. The lowest BCUT2D eigenvalue weighted by Gasteiger charge is -2.32. The molecule has 4 heterocycles. The van der Waals surface area contributed by atoms with Crippen LogP contribution < -0.4 is 16.0 Å². The van der Waals surface area contributed by atoms with Gasteiger partial charge in [-0.15, -0.1) is 11.3 Å². The van der Waals surface area contributed by atoms with Gasteiger partial charge in [0, 0.05) is 55.9 Å². The summed E-state index contributed by atoms with van der Waals surface area (Å²) in [6, 6.07) is 7.27. The number of anilines is 3. The molecule has 10 heteroatoms. The van der Waals surface area contributed by atoms with Crippen LogP contribution in [0, 0.1) is 0 Å². The van der Waals surface area contributed by atoms with E-state index in [1.165, 1.54) is 5.57 Å². The van der Waals surface area contributed by atoms with E-state index < -0.39 is 0 Å². The zero-order valence-electron chi connectivity index (χ0n) is 22.0. The number of carbonyl (C=O) groups excluding carboxylic acids is 1. The number of thiazole rings is 1. The van der Waals surface area contributed by atoms with Crippen LogP contribution in [0.1, 0.15) is 39.7 Å². The summed E-state index contributed by atoms with van der Waals surface area (Å²) in [7, 11) is 0. The van der Waals surface area contributed by atoms with Gasteiger partial charge in [0.05, 0.1) is 21.8 Å². The summed E-state index contributed by atoms with van der Waals surface area (Å²) in [6.45, 7) is 11.6. The smallest absolute Gasteiger partial charge is 0.317 e. The first kappa shape index (κ1) is 25.4. The Hall–Kier alpha value is -3.24. The first-order valence-electron chi connectivity index (χ1n) is 13.1. The van der Waals surface area contributed by atoms with Gasteiger partial charge in [-0.05, 0) is 57.9 Å². The second kappa shape index (κ2) is 11.0. The minimum atomic E-state index is 0.0145. The lowest BCUT2D eigenvalue weighted by atomic mass is 9.97. The number of nitrogens with zero attached hydrogens (tertiary/aromatic N) is 5. The third kappa shape index (κ3) is 5.70. The molecule has 3 aromatic rings. The Labute approximate surface area is 222 Å². The zero-order chi connectivity index (χ0) is 25.9. The summed E-state index contributed by atoms with van der Waals surface area (Å²) in [5, 5.41) is 10.2. The molecule has 0 spiro atoms. The number of aromatic nitrogens is 3. The van der Waals surface area contributed by atoms with Crippen LogP contribution in [0.2, 0.25) is 0 Å². The molecule has 1 aromatic carbocycles. The zero-order valence-corrected chi connectivity index (χ0v) is 22.8. The van der Waals surface area contributed by atoms with Crippen molar-refractivity contribution in [2.45, 2.75) is 58.7 Å². The molecule has 0 radical (unpaired) electrons. The van der Waals surface area contributed by atoms with Gasteiger partial charge < -0.3 is 20.9 Å². The van der Waals surface area contributed by atoms with Gasteiger partial charge in [-0.1, -0.05) is 6.08 Å². The van der Waals surface area contributed by atoms with Crippen LogP contribution in [0.3, 0.4) is 0 Å². The average Bonchev–Trinajstić information content (AvgIpc) is 3.53. The Balaban J connectivity index is 1.17. The number of benzene rings is 1. The molecule has 196 valence electrons. The van der Waals surface area contributed by atoms with Crippen molar-refractivity contribution in [3.63, 3.8) is 0 Å². The van der Waals surface area contributed by atoms with Crippen molar-refractivity contribution in [3.05, 3.63) is 47.2 Å². The van der Waals surface area contributed by atoms with Crippen LogP contribution in [0.15, 0.2) is 41.7 Å². The minimum absolute atomic E-state index is 0.0145. The molecule has 0 bridgehead atoms. The second-order valence-electron chi connectivity index (χ2n) is 10.2. The highest BCUT2D eigenvalue weighted by molar-refractivity contribution is 7.16. The van der Waals surface area contributed by atoms with Crippen LogP contribution in [0.25, 0.3) is 10.2 Å². The Morgan fingerprint density at radius 2 is 2.05 bits per heavy atom. The summed E-state index contributed by atoms with van der Waals surface area (Å²) in [5.41, 5.74) is 6.28. The Morgan fingerprint density at radius 1 is 1.22 bits per heavy atom. The maximum Gasteiger partial charge on any atom is 0.317 e. The summed E-state index contributed by atoms with van der Waals surface area (Å²) in [5.74, 6) is 1.71. The number of rotatable bonds is 8. The van der Waals surface area contributed by atoms with Crippen molar-refractivity contribution in [1.29, 1.82) is 0 Å². The maximum atomic E-state index is 12.7. The summed E-state index contributed by atoms with van der Waals surface area (Å²) >= 11 is 1.63. The molecule has 37 heavy (non-hydrogen) atoms. The molecule has 2 aromatic heterocycles. The van der Waals surface area contributed by atoms with Gasteiger partial charge in [-0.2, -0.15) is 0 Å². The molecule has 0 aliphatic carbocycles. The molecule has 1 atom stereocenters. The van der Waals surface area contributed by atoms with E-state index in [-0.39, 0.29) is 12.1 Å². The third-order valence-electron chi connectivity index (χ3n) is 7.21. The predicted molar refractivity (Wildman–Crippen MR) is 151 cm³/mol. The standard InChI is InChI=1S/C27H36N8OS/c1-17(2)35(18(3)4)12-9-28-27(36)34-10-7-19(8-11-34)23-14-21-25(29-15-30-26(21)33-23)32-20-5-6-22-24(13-20)37-16-31-22/h5-7,13,15-18,23H,8-12,14H2,1-4H3,(H,28,36)(H2,29,30,32,33). The first-order valence-corrected chi connectivity index (χ1v) is 13.9. The highest BCUT2D eigenvalue weighted by Crippen LogP contribution is 2.34. The lowest BCUT2D eigenvalue weighted by molar-refractivity contribution is 0.169. The molecule has 2 aliphatic heterocycles. The van der Waals surface area contributed by atoms with Gasteiger partial charge >= 0.3 is 6.03 Å². The normalized spacial score (nSPS) is 17.3. The highest BCUT2D eigenvalue weighted by atomic mass is 32.1. The van der Waals surface area contributed by atoms with E-state index in [2.05, 4.69) is 75.6 Å². The van der Waals surface area contributed by atoms with Crippen molar-refractivity contribution in [3.8, 4) is 0 Å². The van der Waals surface area contributed by atoms with E-state index >= 15 is 0 Å². The predicted octanol–water partition coefficient (Wildman–Crippen LogP) is 4.63. The quantitative estimate of drug-likeness (QED) is 0.373. The molecule has 2 aliphatic rings. The van der Waals surface area contributed by atoms with Crippen molar-refractivity contribution >= 4 is 44.9 Å². The molecule has 9 nitrogen and oxygen atoms in total. The number of carbonyl (C=O) groups is 1. The molecule has 0 fully saturated rings. The maximum absolute atomic E-state index is 12.7. The van der Waals surface area contributed by atoms with E-state index in [4.69, 9.17) is 0 Å². The molecular weight excluding hydrogens is 484 g/mol. The number of hydrogen-bond acceptors (Lipinski definition) is 8. The number of amides is 2.